The summed E-state index contributed by atoms with van der Waals surface area (Å²) in [4.78, 5) is 14.6. The summed E-state index contributed by atoms with van der Waals surface area (Å²) in [7, 11) is 0. The fourth-order valence-corrected chi connectivity index (χ4v) is 3.08. The van der Waals surface area contributed by atoms with Gasteiger partial charge in [-0.15, -0.1) is 0 Å². The van der Waals surface area contributed by atoms with Gasteiger partial charge in [-0.25, -0.2) is 0 Å². The molecule has 110 valence electrons. The number of rotatable bonds is 1. The number of likely N-dealkylation sites (tertiary alicyclic amines) is 1. The molecule has 2 aliphatic rings. The fraction of sp³-hybridized carbons (Fsp3) is 0.471. The Bertz CT molecular complexity index is 602. The molecule has 2 bridgehead atoms. The summed E-state index contributed by atoms with van der Waals surface area (Å²) in [6.07, 6.45) is 2.50. The van der Waals surface area contributed by atoms with Crippen molar-refractivity contribution in [2.75, 3.05) is 19.7 Å². The van der Waals surface area contributed by atoms with Crippen LogP contribution >= 0.6 is 0 Å². The van der Waals surface area contributed by atoms with Crippen molar-refractivity contribution in [3.05, 3.63) is 34.9 Å². The van der Waals surface area contributed by atoms with Gasteiger partial charge in [0.25, 0.3) is 5.91 Å². The minimum absolute atomic E-state index is 0.0472. The lowest BCUT2D eigenvalue weighted by molar-refractivity contribution is -0.0303. The smallest absolute Gasteiger partial charge is 0.254 e. The van der Waals surface area contributed by atoms with E-state index in [4.69, 9.17) is 9.84 Å². The molecule has 1 aromatic carbocycles. The topological polar surface area (TPSA) is 49.8 Å². The normalized spacial score (nSPS) is 23.6. The number of benzene rings is 1. The van der Waals surface area contributed by atoms with Gasteiger partial charge in [0.1, 0.15) is 6.61 Å². The third-order valence-corrected chi connectivity index (χ3v) is 3.97. The van der Waals surface area contributed by atoms with E-state index in [1.54, 1.807) is 6.07 Å². The predicted molar refractivity (Wildman–Crippen MR) is 78.9 cm³/mol. The third kappa shape index (κ3) is 3.10. The summed E-state index contributed by atoms with van der Waals surface area (Å²) in [6.45, 7) is 3.13. The molecule has 4 heteroatoms. The van der Waals surface area contributed by atoms with Gasteiger partial charge in [-0.2, -0.15) is 0 Å². The number of nitrogens with zero attached hydrogens (tertiary/aromatic N) is 1. The number of aliphatic hydroxyl groups excluding tert-OH is 1. The molecule has 4 nitrogen and oxygen atoms in total. The average Bonchev–Trinajstić information content (AvgIpc) is 2.82. The maximum atomic E-state index is 12.7. The quantitative estimate of drug-likeness (QED) is 0.792. The van der Waals surface area contributed by atoms with E-state index in [0.29, 0.717) is 18.7 Å². The number of hydrogen-bond acceptors (Lipinski definition) is 3. The molecule has 0 aliphatic carbocycles. The van der Waals surface area contributed by atoms with Crippen LogP contribution in [-0.2, 0) is 4.74 Å². The van der Waals surface area contributed by atoms with Gasteiger partial charge >= 0.3 is 0 Å². The number of aryl methyl sites for hydroxylation is 1. The Morgan fingerprint density at radius 3 is 2.71 bits per heavy atom. The van der Waals surface area contributed by atoms with Gasteiger partial charge in [0.05, 0.1) is 12.2 Å². The second kappa shape index (κ2) is 5.88. The zero-order valence-electron chi connectivity index (χ0n) is 12.1. The van der Waals surface area contributed by atoms with E-state index in [1.165, 1.54) is 0 Å². The number of morpholine rings is 1. The highest BCUT2D eigenvalue weighted by Gasteiger charge is 2.35. The van der Waals surface area contributed by atoms with Gasteiger partial charge in [-0.05, 0) is 43.5 Å². The second-order valence-electron chi connectivity index (χ2n) is 5.72. The largest absolute Gasteiger partial charge is 0.384 e. The fourth-order valence-electron chi connectivity index (χ4n) is 3.08. The molecular weight excluding hydrogens is 266 g/mol. The molecule has 1 N–H and O–H groups in total. The van der Waals surface area contributed by atoms with E-state index in [1.807, 2.05) is 24.0 Å². The summed E-state index contributed by atoms with van der Waals surface area (Å²) >= 11 is 0. The number of carbonyl (C=O) groups is 1. The van der Waals surface area contributed by atoms with Crippen LogP contribution < -0.4 is 0 Å². The van der Waals surface area contributed by atoms with Crippen molar-refractivity contribution >= 4 is 5.91 Å². The summed E-state index contributed by atoms with van der Waals surface area (Å²) in [5.74, 6) is 5.54. The molecule has 0 aromatic heterocycles. The van der Waals surface area contributed by atoms with Crippen LogP contribution in [0.1, 0.15) is 34.3 Å². The molecule has 2 saturated heterocycles. The summed E-state index contributed by atoms with van der Waals surface area (Å²) in [6, 6.07) is 5.61. The van der Waals surface area contributed by atoms with Crippen LogP contribution in [0.2, 0.25) is 0 Å². The third-order valence-electron chi connectivity index (χ3n) is 3.97. The predicted octanol–water partition coefficient (Wildman–Crippen LogP) is 1.34. The van der Waals surface area contributed by atoms with E-state index in [-0.39, 0.29) is 24.7 Å². The number of hydrogen-bond donors (Lipinski definition) is 1. The van der Waals surface area contributed by atoms with Crippen LogP contribution in [0.15, 0.2) is 18.2 Å². The summed E-state index contributed by atoms with van der Waals surface area (Å²) in [5.41, 5.74) is 2.43. The van der Waals surface area contributed by atoms with Crippen LogP contribution in [0.3, 0.4) is 0 Å². The number of fused-ring (bicyclic) bond motifs is 2. The Labute approximate surface area is 124 Å². The first-order valence-electron chi connectivity index (χ1n) is 7.32. The van der Waals surface area contributed by atoms with E-state index >= 15 is 0 Å². The first-order chi connectivity index (χ1) is 10.2. The van der Waals surface area contributed by atoms with Gasteiger partial charge in [-0.3, -0.25) is 4.79 Å². The molecule has 0 saturated carbocycles. The van der Waals surface area contributed by atoms with Crippen molar-refractivity contribution in [1.29, 1.82) is 0 Å². The van der Waals surface area contributed by atoms with Crippen LogP contribution in [-0.4, -0.2) is 47.8 Å². The highest BCUT2D eigenvalue weighted by Crippen LogP contribution is 2.27. The van der Waals surface area contributed by atoms with Crippen LogP contribution in [0.25, 0.3) is 0 Å². The van der Waals surface area contributed by atoms with Gasteiger partial charge in [0.2, 0.25) is 0 Å². The van der Waals surface area contributed by atoms with Gasteiger partial charge in [-0.1, -0.05) is 11.8 Å². The molecular formula is C17H19NO3. The summed E-state index contributed by atoms with van der Waals surface area (Å²) in [5, 5.41) is 8.78. The van der Waals surface area contributed by atoms with Crippen LogP contribution in [0, 0.1) is 18.8 Å². The molecule has 1 aromatic rings. The van der Waals surface area contributed by atoms with E-state index in [9.17, 15) is 4.79 Å². The lowest BCUT2D eigenvalue weighted by atomic mass is 10.1. The van der Waals surface area contributed by atoms with E-state index in [2.05, 4.69) is 11.8 Å². The SMILES string of the molecule is Cc1cc(C#CCO)cc(C(=O)N2CC3CCC(C2)O3)c1. The highest BCUT2D eigenvalue weighted by molar-refractivity contribution is 5.95. The lowest BCUT2D eigenvalue weighted by Gasteiger charge is -2.32. The lowest BCUT2D eigenvalue weighted by Crippen LogP contribution is -2.45. The van der Waals surface area contributed by atoms with E-state index < -0.39 is 0 Å². The van der Waals surface area contributed by atoms with Crippen molar-refractivity contribution in [2.45, 2.75) is 32.0 Å². The van der Waals surface area contributed by atoms with Crippen LogP contribution in [0.4, 0.5) is 0 Å². The van der Waals surface area contributed by atoms with Crippen LogP contribution in [0.5, 0.6) is 0 Å². The van der Waals surface area contributed by atoms with Crippen molar-refractivity contribution in [3.8, 4) is 11.8 Å². The van der Waals surface area contributed by atoms with Gasteiger partial charge in [0.15, 0.2) is 0 Å². The molecule has 2 aliphatic heterocycles. The Kier molecular flexibility index (Phi) is 3.96. The maximum absolute atomic E-state index is 12.7. The molecule has 2 atom stereocenters. The van der Waals surface area contributed by atoms with E-state index in [0.717, 1.165) is 24.0 Å². The molecule has 2 fully saturated rings. The molecule has 21 heavy (non-hydrogen) atoms. The van der Waals surface area contributed by atoms with Crippen molar-refractivity contribution in [3.63, 3.8) is 0 Å². The Morgan fingerprint density at radius 1 is 1.33 bits per heavy atom. The second-order valence-corrected chi connectivity index (χ2v) is 5.72. The number of aliphatic hydroxyl groups is 1. The molecule has 1 amide bonds. The minimum Gasteiger partial charge on any atom is -0.384 e. The molecule has 2 unspecified atom stereocenters. The molecule has 0 radical (unpaired) electrons. The maximum Gasteiger partial charge on any atom is 0.254 e. The van der Waals surface area contributed by atoms with Gasteiger partial charge < -0.3 is 14.7 Å². The first-order valence-corrected chi connectivity index (χ1v) is 7.32. The Hall–Kier alpha value is -1.83. The molecule has 2 heterocycles. The highest BCUT2D eigenvalue weighted by atomic mass is 16.5. The molecule has 0 spiro atoms. The standard InChI is InChI=1S/C17H19NO3/c1-12-7-13(3-2-6-19)9-14(8-12)17(20)18-10-15-4-5-16(11-18)21-15/h7-9,15-16,19H,4-6,10-11H2,1H3. The van der Waals surface area contributed by atoms with Crippen molar-refractivity contribution in [1.82, 2.24) is 4.90 Å². The zero-order valence-corrected chi connectivity index (χ0v) is 12.1. The van der Waals surface area contributed by atoms with Gasteiger partial charge in [0, 0.05) is 24.2 Å². The van der Waals surface area contributed by atoms with Crippen molar-refractivity contribution < 1.29 is 14.6 Å². The van der Waals surface area contributed by atoms with Crippen molar-refractivity contribution in [2.24, 2.45) is 0 Å². The summed E-state index contributed by atoms with van der Waals surface area (Å²) < 4.78 is 5.77. The monoisotopic (exact) mass is 285 g/mol. The number of amides is 1. The number of ether oxygens (including phenoxy) is 1. The Balaban J connectivity index is 1.82. The minimum atomic E-state index is -0.177. The Morgan fingerprint density at radius 2 is 2.05 bits per heavy atom. The zero-order chi connectivity index (χ0) is 14.8. The number of carbonyl (C=O) groups excluding carboxylic acids is 1. The average molecular weight is 285 g/mol. The molecule has 3 rings (SSSR count). The first kappa shape index (κ1) is 14.1.